The van der Waals surface area contributed by atoms with E-state index in [1.165, 1.54) is 6.92 Å². The summed E-state index contributed by atoms with van der Waals surface area (Å²) in [5.74, 6) is 1.09. The maximum absolute atomic E-state index is 12.4. The van der Waals surface area contributed by atoms with E-state index in [4.69, 9.17) is 8.92 Å². The largest absolute Gasteiger partial charge is 1.00 e. The quantitative estimate of drug-likeness (QED) is 0.252. The summed E-state index contributed by atoms with van der Waals surface area (Å²) in [7, 11) is -4.74. The number of hydrogen-bond acceptors (Lipinski definition) is 7. The normalized spacial score (nSPS) is 45.6. The predicted octanol–water partition coefficient (Wildman–Crippen LogP) is 0.625. The molecule has 9 heteroatoms. The van der Waals surface area contributed by atoms with Crippen LogP contribution >= 0.6 is 0 Å². The summed E-state index contributed by atoms with van der Waals surface area (Å²) in [6.07, 6.45) is 5.54. The number of esters is 1. The first kappa shape index (κ1) is 26.6. The van der Waals surface area contributed by atoms with E-state index in [1.807, 2.05) is 0 Å². The number of fused-ring (bicyclic) bond motifs is 5. The van der Waals surface area contributed by atoms with E-state index in [9.17, 15) is 22.6 Å². The first-order chi connectivity index (χ1) is 14.3. The Bertz CT molecular complexity index is 860. The molecule has 9 atom stereocenters. The van der Waals surface area contributed by atoms with Crippen LogP contribution < -0.4 is 29.6 Å². The minimum absolute atomic E-state index is 0. The fraction of sp³-hybridized carbons (Fsp3) is 0.913. The minimum Gasteiger partial charge on any atom is -0.726 e. The molecule has 0 amide bonds. The van der Waals surface area contributed by atoms with Crippen molar-refractivity contribution in [1.29, 1.82) is 0 Å². The Kier molecular flexibility index (Phi) is 7.67. The zero-order valence-corrected chi connectivity index (χ0v) is 22.8. The van der Waals surface area contributed by atoms with Gasteiger partial charge in [0.2, 0.25) is 10.4 Å². The van der Waals surface area contributed by atoms with Gasteiger partial charge in [-0.1, -0.05) is 13.8 Å². The second kappa shape index (κ2) is 9.23. The Labute approximate surface area is 214 Å². The molecule has 0 aromatic carbocycles. The number of carbonyl (C=O) groups is 2. The van der Waals surface area contributed by atoms with Crippen molar-refractivity contribution >= 4 is 22.2 Å². The molecule has 0 spiro atoms. The number of ether oxygens (including phenoxy) is 1. The molecule has 0 aromatic rings. The SMILES string of the molecule is CC(=O)O[C@@H]1C[C@H]2C[C@H](OS(=O)(=O)[O-])CC[C@]2(C)[C@H]2CC[C@]3(C)[C@@H](C(C)=O)CC[C@H]3[C@H]12.[Na+]. The van der Waals surface area contributed by atoms with E-state index >= 15 is 0 Å². The van der Waals surface area contributed by atoms with Gasteiger partial charge in [-0.15, -0.1) is 0 Å². The summed E-state index contributed by atoms with van der Waals surface area (Å²) in [5.41, 5.74) is -0.0605. The zero-order valence-electron chi connectivity index (χ0n) is 20.0. The van der Waals surface area contributed by atoms with Crippen molar-refractivity contribution in [1.82, 2.24) is 0 Å². The number of rotatable bonds is 4. The number of hydrogen-bond donors (Lipinski definition) is 0. The third-order valence-corrected chi connectivity index (χ3v) is 10.2. The maximum atomic E-state index is 12.4. The summed E-state index contributed by atoms with van der Waals surface area (Å²) in [5, 5.41) is 0. The molecule has 176 valence electrons. The van der Waals surface area contributed by atoms with Crippen molar-refractivity contribution in [2.45, 2.75) is 91.3 Å². The first-order valence-electron chi connectivity index (χ1n) is 11.7. The van der Waals surface area contributed by atoms with Gasteiger partial charge in [-0.2, -0.15) is 0 Å². The molecule has 0 heterocycles. The molecule has 4 rings (SSSR count). The second-order valence-corrected chi connectivity index (χ2v) is 12.1. The van der Waals surface area contributed by atoms with Gasteiger partial charge in [0.1, 0.15) is 11.9 Å². The van der Waals surface area contributed by atoms with Gasteiger partial charge in [0, 0.05) is 18.8 Å². The van der Waals surface area contributed by atoms with Crippen LogP contribution in [0.25, 0.3) is 0 Å². The molecule has 0 N–H and O–H groups in total. The molecule has 4 aliphatic carbocycles. The summed E-state index contributed by atoms with van der Waals surface area (Å²) < 4.78 is 44.2. The van der Waals surface area contributed by atoms with E-state index in [2.05, 4.69) is 13.8 Å². The van der Waals surface area contributed by atoms with Crippen LogP contribution in [-0.4, -0.2) is 36.9 Å². The van der Waals surface area contributed by atoms with Crippen molar-refractivity contribution in [2.24, 2.45) is 40.4 Å². The summed E-state index contributed by atoms with van der Waals surface area (Å²) in [6, 6.07) is 0. The van der Waals surface area contributed by atoms with Gasteiger partial charge in [0.05, 0.1) is 6.10 Å². The third-order valence-electron chi connectivity index (χ3n) is 9.67. The van der Waals surface area contributed by atoms with Gasteiger partial charge < -0.3 is 9.29 Å². The monoisotopic (exact) mass is 478 g/mol. The molecule has 0 aliphatic heterocycles. The predicted molar refractivity (Wildman–Crippen MR) is 111 cm³/mol. The fourth-order valence-corrected chi connectivity index (χ4v) is 8.92. The zero-order chi connectivity index (χ0) is 22.8. The van der Waals surface area contributed by atoms with E-state index in [-0.39, 0.29) is 76.0 Å². The van der Waals surface area contributed by atoms with Crippen LogP contribution in [0.1, 0.15) is 79.1 Å². The molecule has 32 heavy (non-hydrogen) atoms. The van der Waals surface area contributed by atoms with Crippen molar-refractivity contribution < 1.29 is 61.0 Å². The third kappa shape index (κ3) is 4.61. The Morgan fingerprint density at radius 2 is 1.56 bits per heavy atom. The molecule has 0 bridgehead atoms. The molecule has 4 saturated carbocycles. The van der Waals surface area contributed by atoms with E-state index in [1.54, 1.807) is 6.92 Å². The van der Waals surface area contributed by atoms with Crippen LogP contribution in [0.5, 0.6) is 0 Å². The van der Waals surface area contributed by atoms with Crippen LogP contribution in [0.3, 0.4) is 0 Å². The van der Waals surface area contributed by atoms with E-state index < -0.39 is 16.5 Å². The van der Waals surface area contributed by atoms with Crippen molar-refractivity contribution in [3.63, 3.8) is 0 Å². The van der Waals surface area contributed by atoms with Crippen LogP contribution in [0, 0.1) is 40.4 Å². The molecular weight excluding hydrogens is 443 g/mol. The molecule has 4 fully saturated rings. The Balaban J connectivity index is 0.00000289. The second-order valence-electron chi connectivity index (χ2n) is 11.1. The van der Waals surface area contributed by atoms with Crippen LogP contribution in [0.15, 0.2) is 0 Å². The van der Waals surface area contributed by atoms with Crippen LogP contribution in [-0.2, 0) is 28.9 Å². The van der Waals surface area contributed by atoms with Crippen LogP contribution in [0.2, 0.25) is 0 Å². The summed E-state index contributed by atoms with van der Waals surface area (Å²) >= 11 is 0. The maximum Gasteiger partial charge on any atom is 1.00 e. The number of Topliss-reactive ketones (excluding diaryl/α,β-unsaturated/α-hetero) is 1. The van der Waals surface area contributed by atoms with Crippen molar-refractivity contribution in [3.05, 3.63) is 0 Å². The van der Waals surface area contributed by atoms with Crippen molar-refractivity contribution in [3.8, 4) is 0 Å². The molecule has 4 aliphatic rings. The standard InChI is InChI=1S/C23H36O7S.Na/c1-13(24)17-5-6-18-21-19(8-10-23(17,18)4)22(3)9-7-16(30-31(26,27)28)11-15(22)12-20(21)29-14(2)25;/h15-21H,5-12H2,1-4H3,(H,26,27,28);/q;+1/p-1/t15-,16-,17-,18+,19+,20-,21+,22+,23-;/m1./s1. The fourth-order valence-electron chi connectivity index (χ4n) is 8.42. The average Bonchev–Trinajstić information content (AvgIpc) is 2.98. The molecule has 0 aromatic heterocycles. The first-order valence-corrected chi connectivity index (χ1v) is 13.0. The molecule has 7 nitrogen and oxygen atoms in total. The number of carbonyl (C=O) groups excluding carboxylic acids is 2. The smallest absolute Gasteiger partial charge is 0.726 e. The summed E-state index contributed by atoms with van der Waals surface area (Å²) in [4.78, 5) is 24.4. The Morgan fingerprint density at radius 3 is 2.16 bits per heavy atom. The molecule has 0 radical (unpaired) electrons. The van der Waals surface area contributed by atoms with Gasteiger partial charge in [0.25, 0.3) is 0 Å². The van der Waals surface area contributed by atoms with Gasteiger partial charge in [-0.05, 0) is 86.9 Å². The summed E-state index contributed by atoms with van der Waals surface area (Å²) in [6.45, 7) is 7.70. The van der Waals surface area contributed by atoms with Gasteiger partial charge in [-0.3, -0.25) is 13.8 Å². The van der Waals surface area contributed by atoms with Gasteiger partial charge in [-0.25, -0.2) is 8.42 Å². The molecule has 0 unspecified atom stereocenters. The molecular formula is C23H35NaO7S. The minimum atomic E-state index is -4.74. The van der Waals surface area contributed by atoms with Gasteiger partial charge in [0.15, 0.2) is 0 Å². The van der Waals surface area contributed by atoms with Gasteiger partial charge >= 0.3 is 35.5 Å². The van der Waals surface area contributed by atoms with E-state index in [0.29, 0.717) is 31.1 Å². The van der Waals surface area contributed by atoms with Crippen LogP contribution in [0.4, 0.5) is 0 Å². The number of ketones is 1. The Morgan fingerprint density at radius 1 is 0.938 bits per heavy atom. The average molecular weight is 479 g/mol. The Hall–Kier alpha value is 0.01000. The van der Waals surface area contributed by atoms with Crippen molar-refractivity contribution in [2.75, 3.05) is 0 Å². The topological polar surface area (TPSA) is 110 Å². The van der Waals surface area contributed by atoms with E-state index in [0.717, 1.165) is 32.1 Å². The molecule has 0 saturated heterocycles.